The number of nitrogens with zero attached hydrogens (tertiary/aromatic N) is 2. The lowest BCUT2D eigenvalue weighted by Crippen LogP contribution is -2.48. The van der Waals surface area contributed by atoms with Crippen LogP contribution in [0.15, 0.2) is 16.9 Å². The summed E-state index contributed by atoms with van der Waals surface area (Å²) in [5.74, 6) is -2.83. The number of aromatic nitrogens is 1. The van der Waals surface area contributed by atoms with Crippen molar-refractivity contribution < 1.29 is 35.9 Å². The number of hydrogen-bond donors (Lipinski definition) is 1. The normalized spacial score (nSPS) is 16.0. The third-order valence-electron chi connectivity index (χ3n) is 4.49. The van der Waals surface area contributed by atoms with Gasteiger partial charge < -0.3 is 10.6 Å². The molecule has 0 unspecified atom stereocenters. The first-order valence-electron chi connectivity index (χ1n) is 8.19. The van der Waals surface area contributed by atoms with Crippen molar-refractivity contribution in [2.45, 2.75) is 44.7 Å². The fraction of sp³-hybridized carbons (Fsp3) is 0.562. The Bertz CT molecular complexity index is 826. The number of rotatable bonds is 6. The van der Waals surface area contributed by atoms with Crippen molar-refractivity contribution in [2.75, 3.05) is 6.54 Å². The van der Waals surface area contributed by atoms with Crippen LogP contribution in [0.5, 0.6) is 0 Å². The van der Waals surface area contributed by atoms with Gasteiger partial charge in [-0.1, -0.05) is 0 Å². The summed E-state index contributed by atoms with van der Waals surface area (Å²) < 4.78 is 78.1. The zero-order chi connectivity index (χ0) is 21.4. The van der Waals surface area contributed by atoms with Crippen molar-refractivity contribution in [1.29, 1.82) is 0 Å². The molecule has 2 rings (SSSR count). The molecule has 0 aliphatic heterocycles. The molecular formula is C16H17F6N3O3. The van der Waals surface area contributed by atoms with Crippen molar-refractivity contribution in [3.8, 4) is 0 Å². The highest BCUT2D eigenvalue weighted by molar-refractivity contribution is 5.92. The number of hydrogen-bond acceptors (Lipinski definition) is 3. The van der Waals surface area contributed by atoms with E-state index < -0.39 is 60.1 Å². The molecule has 28 heavy (non-hydrogen) atoms. The van der Waals surface area contributed by atoms with E-state index in [2.05, 4.69) is 0 Å². The fourth-order valence-electron chi connectivity index (χ4n) is 2.88. The van der Waals surface area contributed by atoms with Crippen LogP contribution in [-0.4, -0.2) is 40.0 Å². The molecule has 156 valence electrons. The molecule has 1 aliphatic rings. The lowest BCUT2D eigenvalue weighted by Gasteiger charge is -2.31. The maximum absolute atomic E-state index is 13.2. The standard InChI is InChI=1S/C16H17F6N3O3/c1-8(9-2-3-9)25(7-15(17,18)19)12(26)6-24-11(16(20,21)22)5-4-10(13(23)27)14(24)28/h4-5,8-9H,2-3,6-7H2,1H3,(H2,23,27)/t8-/m0/s1. The topological polar surface area (TPSA) is 85.4 Å². The molecule has 1 fully saturated rings. The number of nitrogens with two attached hydrogens (primary N) is 1. The summed E-state index contributed by atoms with van der Waals surface area (Å²) in [6, 6.07) is 0.0839. The molecule has 1 aliphatic carbocycles. The lowest BCUT2D eigenvalue weighted by atomic mass is 10.1. The highest BCUT2D eigenvalue weighted by Gasteiger charge is 2.41. The Balaban J connectivity index is 2.45. The van der Waals surface area contributed by atoms with Crippen molar-refractivity contribution in [3.63, 3.8) is 0 Å². The van der Waals surface area contributed by atoms with Gasteiger partial charge in [0, 0.05) is 6.04 Å². The smallest absolute Gasteiger partial charge is 0.365 e. The van der Waals surface area contributed by atoms with E-state index >= 15 is 0 Å². The summed E-state index contributed by atoms with van der Waals surface area (Å²) in [4.78, 5) is 36.3. The van der Waals surface area contributed by atoms with Gasteiger partial charge in [0.1, 0.15) is 24.3 Å². The quantitative estimate of drug-likeness (QED) is 0.726. The van der Waals surface area contributed by atoms with Crippen LogP contribution in [0.4, 0.5) is 26.3 Å². The van der Waals surface area contributed by atoms with Gasteiger partial charge in [-0.25, -0.2) is 0 Å². The molecular weight excluding hydrogens is 396 g/mol. The largest absolute Gasteiger partial charge is 0.431 e. The molecule has 0 radical (unpaired) electrons. The van der Waals surface area contributed by atoms with E-state index in [1.165, 1.54) is 6.92 Å². The van der Waals surface area contributed by atoms with Crippen LogP contribution < -0.4 is 11.3 Å². The van der Waals surface area contributed by atoms with E-state index in [0.717, 1.165) is 0 Å². The first-order chi connectivity index (χ1) is 12.7. The number of pyridine rings is 1. The molecule has 0 spiro atoms. The van der Waals surface area contributed by atoms with Gasteiger partial charge in [0.25, 0.3) is 11.5 Å². The molecule has 0 aromatic carbocycles. The Labute approximate surface area is 154 Å². The molecule has 0 bridgehead atoms. The van der Waals surface area contributed by atoms with E-state index in [1.54, 1.807) is 0 Å². The second kappa shape index (κ2) is 7.47. The van der Waals surface area contributed by atoms with Crippen molar-refractivity contribution in [3.05, 3.63) is 33.7 Å². The SMILES string of the molecule is C[C@@H](C1CC1)N(CC(F)(F)F)C(=O)Cn1c(C(F)(F)F)ccc(C(N)=O)c1=O. The van der Waals surface area contributed by atoms with Gasteiger partial charge in [0.05, 0.1) is 0 Å². The van der Waals surface area contributed by atoms with Crippen LogP contribution in [-0.2, 0) is 17.5 Å². The lowest BCUT2D eigenvalue weighted by molar-refractivity contribution is -0.167. The Kier molecular flexibility index (Phi) is 5.81. The van der Waals surface area contributed by atoms with Gasteiger partial charge in [0.2, 0.25) is 5.91 Å². The molecule has 1 atom stereocenters. The summed E-state index contributed by atoms with van der Waals surface area (Å²) in [5.41, 5.74) is 1.06. The van der Waals surface area contributed by atoms with Crippen molar-refractivity contribution in [2.24, 2.45) is 11.7 Å². The first-order valence-corrected chi connectivity index (χ1v) is 8.19. The molecule has 1 saturated carbocycles. The van der Waals surface area contributed by atoms with Gasteiger partial charge in [-0.05, 0) is 37.8 Å². The zero-order valence-corrected chi connectivity index (χ0v) is 14.6. The average molecular weight is 413 g/mol. The molecule has 12 heteroatoms. The Hall–Kier alpha value is -2.53. The van der Waals surface area contributed by atoms with Gasteiger partial charge in [-0.2, -0.15) is 26.3 Å². The van der Waals surface area contributed by atoms with Gasteiger partial charge >= 0.3 is 12.4 Å². The van der Waals surface area contributed by atoms with E-state index in [4.69, 9.17) is 5.73 Å². The molecule has 1 aromatic rings. The van der Waals surface area contributed by atoms with E-state index in [1.807, 2.05) is 0 Å². The Morgan fingerprint density at radius 2 is 1.79 bits per heavy atom. The summed E-state index contributed by atoms with van der Waals surface area (Å²) in [5, 5.41) is 0. The third kappa shape index (κ3) is 5.04. The minimum absolute atomic E-state index is 0.0641. The highest BCUT2D eigenvalue weighted by Crippen LogP contribution is 2.36. The molecule has 1 aromatic heterocycles. The van der Waals surface area contributed by atoms with Crippen molar-refractivity contribution >= 4 is 11.8 Å². The minimum atomic E-state index is -5.08. The summed E-state index contributed by atoms with van der Waals surface area (Å²) in [6.07, 6.45) is -8.67. The molecule has 6 nitrogen and oxygen atoms in total. The monoisotopic (exact) mass is 413 g/mol. The van der Waals surface area contributed by atoms with Crippen LogP contribution in [0.2, 0.25) is 0 Å². The maximum Gasteiger partial charge on any atom is 0.431 e. The van der Waals surface area contributed by atoms with Crippen LogP contribution in [0, 0.1) is 5.92 Å². The highest BCUT2D eigenvalue weighted by atomic mass is 19.4. The number of alkyl halides is 6. The fourth-order valence-corrected chi connectivity index (χ4v) is 2.88. The molecule has 2 amide bonds. The number of carbonyl (C=O) groups is 2. The van der Waals surface area contributed by atoms with E-state index in [9.17, 15) is 40.7 Å². The van der Waals surface area contributed by atoms with E-state index in [0.29, 0.717) is 29.9 Å². The molecule has 1 heterocycles. The number of primary amides is 1. The average Bonchev–Trinajstić information content (AvgIpc) is 3.36. The van der Waals surface area contributed by atoms with Gasteiger partial charge in [0.15, 0.2) is 0 Å². The predicted molar refractivity (Wildman–Crippen MR) is 84.2 cm³/mol. The summed E-state index contributed by atoms with van der Waals surface area (Å²) >= 11 is 0. The van der Waals surface area contributed by atoms with Gasteiger partial charge in [-0.15, -0.1) is 0 Å². The van der Waals surface area contributed by atoms with E-state index in [-0.39, 0.29) is 10.5 Å². The molecule has 2 N–H and O–H groups in total. The van der Waals surface area contributed by atoms with Crippen LogP contribution in [0.25, 0.3) is 0 Å². The van der Waals surface area contributed by atoms with Crippen LogP contribution in [0.1, 0.15) is 35.8 Å². The number of amides is 2. The summed E-state index contributed by atoms with van der Waals surface area (Å²) in [6.45, 7) is -1.59. The van der Waals surface area contributed by atoms with Crippen LogP contribution in [0.3, 0.4) is 0 Å². The maximum atomic E-state index is 13.2. The molecule has 0 saturated heterocycles. The predicted octanol–water partition coefficient (Wildman–Crippen LogP) is 2.16. The van der Waals surface area contributed by atoms with Crippen molar-refractivity contribution in [1.82, 2.24) is 9.47 Å². The van der Waals surface area contributed by atoms with Gasteiger partial charge in [-0.3, -0.25) is 19.0 Å². The Morgan fingerprint density at radius 1 is 1.21 bits per heavy atom. The summed E-state index contributed by atoms with van der Waals surface area (Å²) in [7, 11) is 0. The third-order valence-corrected chi connectivity index (χ3v) is 4.49. The second-order valence-corrected chi connectivity index (χ2v) is 6.60. The van der Waals surface area contributed by atoms with Crippen LogP contribution >= 0.6 is 0 Å². The first kappa shape index (κ1) is 21.8. The zero-order valence-electron chi connectivity index (χ0n) is 14.6. The number of carbonyl (C=O) groups excluding carboxylic acids is 2. The number of halogens is 6. The minimum Gasteiger partial charge on any atom is -0.365 e. The Morgan fingerprint density at radius 3 is 2.21 bits per heavy atom. The second-order valence-electron chi connectivity index (χ2n) is 6.60.